The summed E-state index contributed by atoms with van der Waals surface area (Å²) >= 11 is 2.99. The van der Waals surface area contributed by atoms with E-state index in [0.717, 1.165) is 38.4 Å². The minimum atomic E-state index is -0.420. The molecular formula is C31H31NO5S2. The lowest BCUT2D eigenvalue weighted by Crippen LogP contribution is -2.32. The van der Waals surface area contributed by atoms with E-state index < -0.39 is 5.97 Å². The van der Waals surface area contributed by atoms with E-state index in [4.69, 9.17) is 14.2 Å². The van der Waals surface area contributed by atoms with Crippen LogP contribution in [-0.2, 0) is 16.1 Å². The van der Waals surface area contributed by atoms with Crippen molar-refractivity contribution in [1.82, 2.24) is 0 Å². The van der Waals surface area contributed by atoms with Gasteiger partial charge in [0, 0.05) is 33.8 Å². The van der Waals surface area contributed by atoms with E-state index in [1.165, 1.54) is 11.3 Å². The Bertz CT molecular complexity index is 1490. The van der Waals surface area contributed by atoms with Crippen LogP contribution in [0.2, 0.25) is 0 Å². The fourth-order valence-electron chi connectivity index (χ4n) is 5.08. The summed E-state index contributed by atoms with van der Waals surface area (Å²) in [5.41, 5.74) is 6.00. The summed E-state index contributed by atoms with van der Waals surface area (Å²) in [5, 5.41) is 6.96. The van der Waals surface area contributed by atoms with Gasteiger partial charge in [-0.15, -0.1) is 11.8 Å². The Hall–Kier alpha value is -3.49. The van der Waals surface area contributed by atoms with Crippen LogP contribution in [0, 0.1) is 0 Å². The first kappa shape index (κ1) is 27.1. The number of thioether (sulfide) groups is 1. The fraction of sp³-hybridized carbons (Fsp3) is 0.290. The van der Waals surface area contributed by atoms with Gasteiger partial charge in [-0.2, -0.15) is 11.3 Å². The normalized spacial score (nSPS) is 17.4. The van der Waals surface area contributed by atoms with Crippen molar-refractivity contribution in [3.63, 3.8) is 0 Å². The van der Waals surface area contributed by atoms with Gasteiger partial charge in [-0.05, 0) is 79.8 Å². The highest BCUT2D eigenvalue weighted by atomic mass is 32.2. The van der Waals surface area contributed by atoms with Gasteiger partial charge in [0.05, 0.1) is 18.2 Å². The second kappa shape index (κ2) is 10.9. The number of ether oxygens (including phenoxy) is 3. The molecule has 1 atom stereocenters. The molecule has 0 amide bonds. The van der Waals surface area contributed by atoms with E-state index in [2.05, 4.69) is 44.3 Å². The quantitative estimate of drug-likeness (QED) is 0.234. The second-order valence-electron chi connectivity index (χ2n) is 10.2. The van der Waals surface area contributed by atoms with Crippen LogP contribution >= 0.6 is 23.1 Å². The minimum absolute atomic E-state index is 0.124. The third-order valence-electron chi connectivity index (χ3n) is 6.74. The average Bonchev–Trinajstić information content (AvgIpc) is 3.58. The number of hydrogen-bond acceptors (Lipinski definition) is 8. The summed E-state index contributed by atoms with van der Waals surface area (Å²) in [6.07, 6.45) is 4.95. The minimum Gasteiger partial charge on any atom is -0.496 e. The summed E-state index contributed by atoms with van der Waals surface area (Å²) in [5.74, 6) is 0.301. The van der Waals surface area contributed by atoms with E-state index in [9.17, 15) is 9.59 Å². The van der Waals surface area contributed by atoms with Crippen molar-refractivity contribution in [2.75, 3.05) is 12.4 Å². The van der Waals surface area contributed by atoms with E-state index in [0.29, 0.717) is 23.5 Å². The van der Waals surface area contributed by atoms with Gasteiger partial charge in [0.15, 0.2) is 0 Å². The van der Waals surface area contributed by atoms with Gasteiger partial charge in [0.2, 0.25) is 0 Å². The Kier molecular flexibility index (Phi) is 7.60. The Labute approximate surface area is 237 Å². The first-order valence-corrected chi connectivity index (χ1v) is 14.5. The summed E-state index contributed by atoms with van der Waals surface area (Å²) in [6.45, 7) is 8.47. The molecule has 8 heteroatoms. The van der Waals surface area contributed by atoms with E-state index >= 15 is 0 Å². The van der Waals surface area contributed by atoms with E-state index in [1.807, 2.05) is 24.4 Å². The molecule has 1 N–H and O–H groups in total. The number of rotatable bonds is 7. The van der Waals surface area contributed by atoms with Gasteiger partial charge < -0.3 is 19.5 Å². The van der Waals surface area contributed by atoms with Crippen molar-refractivity contribution in [2.24, 2.45) is 0 Å². The number of nitrogens with one attached hydrogen (secondary N) is 1. The molecule has 1 unspecified atom stereocenters. The van der Waals surface area contributed by atoms with Crippen molar-refractivity contribution in [3.8, 4) is 22.6 Å². The van der Waals surface area contributed by atoms with Gasteiger partial charge in [-0.25, -0.2) is 4.79 Å². The topological polar surface area (TPSA) is 73.9 Å². The van der Waals surface area contributed by atoms with Crippen LogP contribution in [0.15, 0.2) is 64.2 Å². The molecule has 0 saturated heterocycles. The Balaban J connectivity index is 1.51. The molecule has 0 saturated carbocycles. The highest BCUT2D eigenvalue weighted by Gasteiger charge is 2.29. The molecule has 2 aromatic carbocycles. The number of fused-ring (bicyclic) bond motifs is 1. The van der Waals surface area contributed by atoms with Crippen LogP contribution in [-0.4, -0.2) is 29.8 Å². The molecule has 1 aromatic heterocycles. The van der Waals surface area contributed by atoms with Gasteiger partial charge in [0.1, 0.15) is 23.4 Å². The molecule has 6 nitrogen and oxygen atoms in total. The van der Waals surface area contributed by atoms with Crippen molar-refractivity contribution in [1.29, 1.82) is 0 Å². The maximum absolute atomic E-state index is 13.0. The lowest BCUT2D eigenvalue weighted by atomic mass is 9.85. The molecule has 3 aromatic rings. The van der Waals surface area contributed by atoms with Crippen LogP contribution in [0.1, 0.15) is 55.6 Å². The van der Waals surface area contributed by atoms with Gasteiger partial charge >= 0.3 is 11.9 Å². The number of hydrogen-bond donors (Lipinski definition) is 1. The number of allylic oxidation sites excluding steroid dienone is 3. The smallest absolute Gasteiger partial charge is 0.344 e. The van der Waals surface area contributed by atoms with Gasteiger partial charge in [0.25, 0.3) is 0 Å². The number of benzene rings is 2. The van der Waals surface area contributed by atoms with Crippen molar-refractivity contribution < 1.29 is 23.8 Å². The van der Waals surface area contributed by atoms with Crippen LogP contribution in [0.3, 0.4) is 0 Å². The number of thiophene rings is 1. The Morgan fingerprint density at radius 3 is 2.59 bits per heavy atom. The predicted octanol–water partition coefficient (Wildman–Crippen LogP) is 7.70. The third-order valence-corrected chi connectivity index (χ3v) is 8.63. The lowest BCUT2D eigenvalue weighted by Gasteiger charge is -2.33. The first-order valence-electron chi connectivity index (χ1n) is 12.7. The van der Waals surface area contributed by atoms with E-state index in [1.54, 1.807) is 42.5 Å². The summed E-state index contributed by atoms with van der Waals surface area (Å²) in [6, 6.07) is 11.1. The average molecular weight is 562 g/mol. The predicted molar refractivity (Wildman–Crippen MR) is 159 cm³/mol. The lowest BCUT2D eigenvalue weighted by molar-refractivity contribution is -0.144. The Morgan fingerprint density at radius 2 is 1.90 bits per heavy atom. The zero-order valence-corrected chi connectivity index (χ0v) is 24.3. The monoisotopic (exact) mass is 561 g/mol. The van der Waals surface area contributed by atoms with Crippen molar-refractivity contribution >= 4 is 46.3 Å². The molecule has 2 aliphatic heterocycles. The SMILES string of the molecule is COc1cc(OC(=O)c2ccsc2)ccc1-c1ccc2c(c1COC(=O)C1CC=C(C)S1)C(C)=CC(C)(C)N2. The number of carbonyl (C=O) groups excluding carboxylic acids is 2. The number of carbonyl (C=O) groups is 2. The number of methoxy groups -OCH3 is 1. The van der Waals surface area contributed by atoms with Crippen molar-refractivity contribution in [3.05, 3.63) is 80.9 Å². The molecule has 0 aliphatic carbocycles. The molecule has 0 spiro atoms. The standard InChI is InChI=1S/C31H31NO5S2/c1-18-15-31(3,4)32-25-10-9-22(24(28(18)25)16-36-30(34)27-11-6-19(2)39-27)23-8-7-21(14-26(23)35-5)37-29(33)20-12-13-38-17-20/h6-10,12-15,17,27,32H,11,16H2,1-5H3. The maximum Gasteiger partial charge on any atom is 0.344 e. The zero-order valence-electron chi connectivity index (χ0n) is 22.6. The Morgan fingerprint density at radius 1 is 1.10 bits per heavy atom. The van der Waals surface area contributed by atoms with Crippen molar-refractivity contribution in [2.45, 2.75) is 51.5 Å². The zero-order chi connectivity index (χ0) is 27.7. The summed E-state index contributed by atoms with van der Waals surface area (Å²) in [7, 11) is 1.59. The molecule has 0 bridgehead atoms. The number of anilines is 1. The highest BCUT2D eigenvalue weighted by molar-refractivity contribution is 8.04. The second-order valence-corrected chi connectivity index (χ2v) is 12.4. The molecule has 0 radical (unpaired) electrons. The molecule has 39 heavy (non-hydrogen) atoms. The van der Waals surface area contributed by atoms with E-state index in [-0.39, 0.29) is 23.4 Å². The molecule has 5 rings (SSSR count). The maximum atomic E-state index is 13.0. The first-order chi connectivity index (χ1) is 18.6. The molecule has 202 valence electrons. The van der Waals surface area contributed by atoms with Crippen LogP contribution in [0.4, 0.5) is 5.69 Å². The third kappa shape index (κ3) is 5.77. The number of esters is 2. The summed E-state index contributed by atoms with van der Waals surface area (Å²) < 4.78 is 17.3. The van der Waals surface area contributed by atoms with Crippen LogP contribution < -0.4 is 14.8 Å². The molecule has 2 aliphatic rings. The fourth-order valence-corrected chi connectivity index (χ4v) is 6.70. The molecule has 3 heterocycles. The van der Waals surface area contributed by atoms with Gasteiger partial charge in [-0.3, -0.25) is 4.79 Å². The van der Waals surface area contributed by atoms with Gasteiger partial charge in [-0.1, -0.05) is 18.2 Å². The highest BCUT2D eigenvalue weighted by Crippen LogP contribution is 2.44. The van der Waals surface area contributed by atoms with Crippen LogP contribution in [0.25, 0.3) is 16.7 Å². The van der Waals surface area contributed by atoms with Crippen LogP contribution in [0.5, 0.6) is 11.5 Å². The molecular weight excluding hydrogens is 530 g/mol. The largest absolute Gasteiger partial charge is 0.496 e. The molecule has 0 fully saturated rings. The summed E-state index contributed by atoms with van der Waals surface area (Å²) in [4.78, 5) is 26.6.